The Morgan fingerprint density at radius 2 is 1.72 bits per heavy atom. The highest BCUT2D eigenvalue weighted by atomic mass is 79.9. The van der Waals surface area contributed by atoms with E-state index in [1.54, 1.807) is 31.2 Å². The van der Waals surface area contributed by atoms with E-state index in [2.05, 4.69) is 21.2 Å². The van der Waals surface area contributed by atoms with Gasteiger partial charge in [0.15, 0.2) is 0 Å². The quantitative estimate of drug-likeness (QED) is 0.286. The zero-order valence-corrected chi connectivity index (χ0v) is 25.6. The summed E-state index contributed by atoms with van der Waals surface area (Å²) in [5.74, 6) is -0.840. The molecule has 39 heavy (non-hydrogen) atoms. The van der Waals surface area contributed by atoms with Gasteiger partial charge in [-0.25, -0.2) is 8.42 Å². The van der Waals surface area contributed by atoms with Crippen LogP contribution >= 0.6 is 27.5 Å². The summed E-state index contributed by atoms with van der Waals surface area (Å²) in [6.07, 6.45) is 0.745. The number of aryl methyl sites for hydroxylation is 2. The van der Waals surface area contributed by atoms with Crippen molar-refractivity contribution in [3.05, 3.63) is 92.9 Å². The van der Waals surface area contributed by atoms with Gasteiger partial charge in [0.25, 0.3) is 10.0 Å². The second-order valence-corrected chi connectivity index (χ2v) is 12.6. The first-order valence-electron chi connectivity index (χ1n) is 12.6. The highest BCUT2D eigenvalue weighted by Crippen LogP contribution is 2.29. The maximum atomic E-state index is 13.9. The molecule has 1 atom stereocenters. The minimum Gasteiger partial charge on any atom is -0.354 e. The molecule has 0 aliphatic rings. The first kappa shape index (κ1) is 30.7. The van der Waals surface area contributed by atoms with Crippen molar-refractivity contribution >= 4 is 55.1 Å². The number of hydrogen-bond acceptors (Lipinski definition) is 4. The molecule has 3 rings (SSSR count). The number of halogens is 2. The number of nitrogens with one attached hydrogen (secondary N) is 1. The monoisotopic (exact) mass is 633 g/mol. The Bertz CT molecular complexity index is 1430. The van der Waals surface area contributed by atoms with E-state index in [1.165, 1.54) is 23.1 Å². The molecular weight excluding hydrogens is 602 g/mol. The zero-order valence-electron chi connectivity index (χ0n) is 22.4. The van der Waals surface area contributed by atoms with Gasteiger partial charge in [-0.15, -0.1) is 0 Å². The molecular formula is C29H33BrClN3O4S. The summed E-state index contributed by atoms with van der Waals surface area (Å²) in [6, 6.07) is 17.9. The molecule has 0 bridgehead atoms. The lowest BCUT2D eigenvalue weighted by Crippen LogP contribution is -2.51. The van der Waals surface area contributed by atoms with Gasteiger partial charge in [-0.3, -0.25) is 13.9 Å². The predicted octanol–water partition coefficient (Wildman–Crippen LogP) is 5.86. The summed E-state index contributed by atoms with van der Waals surface area (Å²) in [4.78, 5) is 28.3. The first-order valence-corrected chi connectivity index (χ1v) is 15.2. The number of anilines is 1. The van der Waals surface area contributed by atoms with E-state index in [1.807, 2.05) is 45.0 Å². The number of rotatable bonds is 11. The van der Waals surface area contributed by atoms with E-state index >= 15 is 0 Å². The van der Waals surface area contributed by atoms with Crippen LogP contribution in [0.4, 0.5) is 5.69 Å². The number of benzene rings is 3. The standard InChI is InChI=1S/C29H33BrClN3O4S/c1-5-15-32-29(36)22(4)33(18-23-7-6-8-24(30)16-23)28(35)19-34(25-12-11-21(3)27(31)17-25)39(37,38)26-13-9-20(2)10-14-26/h6-14,16-17,22H,5,15,18-19H2,1-4H3,(H,32,36). The van der Waals surface area contributed by atoms with Gasteiger partial charge >= 0.3 is 0 Å². The van der Waals surface area contributed by atoms with Gasteiger partial charge in [-0.05, 0) is 74.7 Å². The van der Waals surface area contributed by atoms with Crippen molar-refractivity contribution in [3.8, 4) is 0 Å². The minimum absolute atomic E-state index is 0.0462. The van der Waals surface area contributed by atoms with E-state index < -0.39 is 28.5 Å². The SMILES string of the molecule is CCCNC(=O)C(C)N(Cc1cccc(Br)c1)C(=O)CN(c1ccc(C)c(Cl)c1)S(=O)(=O)c1ccc(C)cc1. The van der Waals surface area contributed by atoms with E-state index in [-0.39, 0.29) is 23.0 Å². The molecule has 0 aromatic heterocycles. The summed E-state index contributed by atoms with van der Waals surface area (Å²) in [5.41, 5.74) is 2.73. The molecule has 0 aliphatic carbocycles. The fourth-order valence-electron chi connectivity index (χ4n) is 3.91. The summed E-state index contributed by atoms with van der Waals surface area (Å²) in [6.45, 7) is 7.33. The number of amides is 2. The van der Waals surface area contributed by atoms with Gasteiger partial charge in [0.1, 0.15) is 12.6 Å². The highest BCUT2D eigenvalue weighted by Gasteiger charge is 2.32. The van der Waals surface area contributed by atoms with Crippen LogP contribution in [0, 0.1) is 13.8 Å². The lowest BCUT2D eigenvalue weighted by atomic mass is 10.1. The summed E-state index contributed by atoms with van der Waals surface area (Å²) in [7, 11) is -4.15. The van der Waals surface area contributed by atoms with Crippen molar-refractivity contribution in [2.24, 2.45) is 0 Å². The molecule has 0 spiro atoms. The Kier molecular flexibility index (Phi) is 10.6. The smallest absolute Gasteiger partial charge is 0.264 e. The molecule has 7 nitrogen and oxygen atoms in total. The van der Waals surface area contributed by atoms with Crippen molar-refractivity contribution in [2.75, 3.05) is 17.4 Å². The second kappa shape index (κ2) is 13.5. The third-order valence-corrected chi connectivity index (χ3v) is 8.98. The molecule has 10 heteroatoms. The molecule has 0 radical (unpaired) electrons. The second-order valence-electron chi connectivity index (χ2n) is 9.38. The van der Waals surface area contributed by atoms with E-state index in [9.17, 15) is 18.0 Å². The molecule has 2 amide bonds. The van der Waals surface area contributed by atoms with Gasteiger partial charge in [0.2, 0.25) is 11.8 Å². The number of hydrogen-bond donors (Lipinski definition) is 1. The fraction of sp³-hybridized carbons (Fsp3) is 0.310. The van der Waals surface area contributed by atoms with Crippen molar-refractivity contribution in [1.82, 2.24) is 10.2 Å². The molecule has 1 N–H and O–H groups in total. The maximum absolute atomic E-state index is 13.9. The molecule has 0 aliphatic heterocycles. The molecule has 0 heterocycles. The summed E-state index contributed by atoms with van der Waals surface area (Å²) in [5, 5.41) is 3.21. The number of nitrogens with zero attached hydrogens (tertiary/aromatic N) is 2. The average Bonchev–Trinajstić information content (AvgIpc) is 2.90. The summed E-state index contributed by atoms with van der Waals surface area (Å²) < 4.78 is 29.6. The van der Waals surface area contributed by atoms with Crippen LogP contribution in [0.15, 0.2) is 76.1 Å². The molecule has 3 aromatic rings. The molecule has 1 unspecified atom stereocenters. The van der Waals surface area contributed by atoms with Gasteiger partial charge in [0, 0.05) is 22.6 Å². The topological polar surface area (TPSA) is 86.8 Å². The van der Waals surface area contributed by atoms with Crippen LogP contribution in [-0.4, -0.2) is 44.3 Å². The Labute approximate surface area is 244 Å². The third kappa shape index (κ3) is 7.84. The average molecular weight is 635 g/mol. The molecule has 3 aromatic carbocycles. The van der Waals surface area contributed by atoms with Crippen molar-refractivity contribution in [1.29, 1.82) is 0 Å². The molecule has 0 fully saturated rings. The Morgan fingerprint density at radius 3 is 2.33 bits per heavy atom. The normalized spacial score (nSPS) is 12.1. The van der Waals surface area contributed by atoms with E-state index in [4.69, 9.17) is 11.6 Å². The molecule has 208 valence electrons. The van der Waals surface area contributed by atoms with Crippen molar-refractivity contribution in [3.63, 3.8) is 0 Å². The summed E-state index contributed by atoms with van der Waals surface area (Å²) >= 11 is 9.81. The Balaban J connectivity index is 2.04. The van der Waals surface area contributed by atoms with Crippen LogP contribution in [0.1, 0.15) is 37.0 Å². The van der Waals surface area contributed by atoms with Crippen LogP contribution in [0.25, 0.3) is 0 Å². The number of carbonyl (C=O) groups is 2. The van der Waals surface area contributed by atoms with Gasteiger partial charge < -0.3 is 10.2 Å². The largest absolute Gasteiger partial charge is 0.354 e. The van der Waals surface area contributed by atoms with Crippen LogP contribution in [0.2, 0.25) is 5.02 Å². The van der Waals surface area contributed by atoms with Gasteiger partial charge in [-0.2, -0.15) is 0 Å². The van der Waals surface area contributed by atoms with Crippen molar-refractivity contribution < 1.29 is 18.0 Å². The third-order valence-electron chi connectivity index (χ3n) is 6.29. The lowest BCUT2D eigenvalue weighted by molar-refractivity contribution is -0.139. The van der Waals surface area contributed by atoms with E-state index in [0.717, 1.165) is 31.9 Å². The van der Waals surface area contributed by atoms with Crippen LogP contribution in [0.5, 0.6) is 0 Å². The maximum Gasteiger partial charge on any atom is 0.264 e. The molecule has 0 saturated heterocycles. The van der Waals surface area contributed by atoms with Crippen LogP contribution in [-0.2, 0) is 26.2 Å². The minimum atomic E-state index is -4.15. The Hall–Kier alpha value is -2.88. The zero-order chi connectivity index (χ0) is 28.7. The first-order chi connectivity index (χ1) is 18.4. The van der Waals surface area contributed by atoms with Crippen LogP contribution in [0.3, 0.4) is 0 Å². The fourth-order valence-corrected chi connectivity index (χ4v) is 5.94. The number of carbonyl (C=O) groups excluding carboxylic acids is 2. The Morgan fingerprint density at radius 1 is 1.03 bits per heavy atom. The molecule has 0 saturated carbocycles. The lowest BCUT2D eigenvalue weighted by Gasteiger charge is -2.32. The number of sulfonamides is 1. The highest BCUT2D eigenvalue weighted by molar-refractivity contribution is 9.10. The predicted molar refractivity (Wildman–Crippen MR) is 159 cm³/mol. The van der Waals surface area contributed by atoms with Gasteiger partial charge in [0.05, 0.1) is 10.6 Å². The van der Waals surface area contributed by atoms with Crippen molar-refractivity contribution in [2.45, 2.75) is 51.6 Å². The van der Waals surface area contributed by atoms with Crippen LogP contribution < -0.4 is 9.62 Å². The van der Waals surface area contributed by atoms with E-state index in [0.29, 0.717) is 11.6 Å². The van der Waals surface area contributed by atoms with Gasteiger partial charge in [-0.1, -0.05) is 70.3 Å².